The molecule has 0 bridgehead atoms. The number of carbonyl (C=O) groups is 2. The molecule has 0 radical (unpaired) electrons. The highest BCUT2D eigenvalue weighted by atomic mass is 16.5. The number of pyridine rings is 1. The van der Waals surface area contributed by atoms with Gasteiger partial charge in [0.1, 0.15) is 5.82 Å². The lowest BCUT2D eigenvalue weighted by atomic mass is 9.89. The number of hydrogen-bond acceptors (Lipinski definition) is 6. The molecular weight excluding hydrogens is 444 g/mol. The van der Waals surface area contributed by atoms with Crippen molar-refractivity contribution in [2.45, 2.75) is 51.6 Å². The summed E-state index contributed by atoms with van der Waals surface area (Å²) in [5.74, 6) is -0.451. The minimum atomic E-state index is -0.663. The molecule has 9 nitrogen and oxygen atoms in total. The van der Waals surface area contributed by atoms with E-state index < -0.39 is 11.8 Å². The number of likely N-dealkylation sites (tertiary alicyclic amines) is 1. The second-order valence-electron chi connectivity index (χ2n) is 9.68. The van der Waals surface area contributed by atoms with Crippen LogP contribution < -0.4 is 11.1 Å². The lowest BCUT2D eigenvalue weighted by Crippen LogP contribution is -2.46. The Labute approximate surface area is 204 Å². The fourth-order valence-corrected chi connectivity index (χ4v) is 5.09. The normalized spacial score (nSPS) is 22.5. The van der Waals surface area contributed by atoms with Crippen molar-refractivity contribution in [3.8, 4) is 0 Å². The fourth-order valence-electron chi connectivity index (χ4n) is 5.09. The number of nitrogens with two attached hydrogens (primary N) is 1. The van der Waals surface area contributed by atoms with E-state index in [9.17, 15) is 9.59 Å². The Bertz CT molecular complexity index is 1250. The molecule has 9 heteroatoms. The van der Waals surface area contributed by atoms with Gasteiger partial charge in [0.2, 0.25) is 0 Å². The van der Waals surface area contributed by atoms with Crippen LogP contribution in [0.2, 0.25) is 0 Å². The molecule has 3 atom stereocenters. The third-order valence-corrected chi connectivity index (χ3v) is 7.13. The molecule has 3 N–H and O–H groups in total. The SMILES string of the molecule is CCc1cc(NC(=O)C(=O)N2CC(C)CCC2c2ccc3cn(C4CCOC4)nc3c2)cnc1N. The van der Waals surface area contributed by atoms with Gasteiger partial charge in [-0.05, 0) is 54.9 Å². The highest BCUT2D eigenvalue weighted by Gasteiger charge is 2.34. The minimum absolute atomic E-state index is 0.176. The highest BCUT2D eigenvalue weighted by molar-refractivity contribution is 6.39. The number of rotatable bonds is 4. The molecule has 3 aromatic rings. The number of carbonyl (C=O) groups excluding carboxylic acids is 2. The second kappa shape index (κ2) is 9.65. The van der Waals surface area contributed by atoms with Gasteiger partial charge in [-0.15, -0.1) is 0 Å². The van der Waals surface area contributed by atoms with Crippen molar-refractivity contribution in [1.29, 1.82) is 0 Å². The van der Waals surface area contributed by atoms with Crippen molar-refractivity contribution in [3.63, 3.8) is 0 Å². The van der Waals surface area contributed by atoms with E-state index in [1.54, 1.807) is 11.0 Å². The van der Waals surface area contributed by atoms with E-state index in [4.69, 9.17) is 15.6 Å². The number of nitrogens with zero attached hydrogens (tertiary/aromatic N) is 4. The zero-order valence-corrected chi connectivity index (χ0v) is 20.2. The number of piperidine rings is 1. The quantitative estimate of drug-likeness (QED) is 0.557. The summed E-state index contributed by atoms with van der Waals surface area (Å²) < 4.78 is 7.50. The van der Waals surface area contributed by atoms with Crippen LogP contribution in [-0.2, 0) is 20.7 Å². The van der Waals surface area contributed by atoms with Crippen molar-refractivity contribution < 1.29 is 14.3 Å². The number of aryl methyl sites for hydroxylation is 1. The number of anilines is 2. The van der Waals surface area contributed by atoms with E-state index in [-0.39, 0.29) is 12.1 Å². The standard InChI is InChI=1S/C26H32N6O3/c1-3-17-10-20(12-28-24(17)27)29-25(33)26(34)31-13-16(2)4-7-23(31)18-5-6-19-14-32(30-22(19)11-18)21-8-9-35-15-21/h5-6,10-12,14,16,21,23H,3-4,7-9,13,15H2,1-2H3,(H2,27,28)(H,29,33). The van der Waals surface area contributed by atoms with Gasteiger partial charge < -0.3 is 20.7 Å². The summed E-state index contributed by atoms with van der Waals surface area (Å²) >= 11 is 0. The molecule has 0 aliphatic carbocycles. The van der Waals surface area contributed by atoms with Crippen molar-refractivity contribution in [3.05, 3.63) is 47.8 Å². The minimum Gasteiger partial charge on any atom is -0.383 e. The van der Waals surface area contributed by atoms with Gasteiger partial charge in [0, 0.05) is 24.7 Å². The zero-order valence-electron chi connectivity index (χ0n) is 20.2. The lowest BCUT2D eigenvalue weighted by Gasteiger charge is -2.38. The van der Waals surface area contributed by atoms with Crippen LogP contribution in [0.25, 0.3) is 10.9 Å². The number of benzene rings is 1. The summed E-state index contributed by atoms with van der Waals surface area (Å²) in [6.07, 6.45) is 6.98. The van der Waals surface area contributed by atoms with Crippen LogP contribution in [0.3, 0.4) is 0 Å². The first-order valence-electron chi connectivity index (χ1n) is 12.4. The molecule has 2 aromatic heterocycles. The third-order valence-electron chi connectivity index (χ3n) is 7.13. The van der Waals surface area contributed by atoms with E-state index in [0.29, 0.717) is 37.0 Å². The molecule has 0 spiro atoms. The smallest absolute Gasteiger partial charge is 0.313 e. The summed E-state index contributed by atoms with van der Waals surface area (Å²) in [7, 11) is 0. The van der Waals surface area contributed by atoms with Crippen LogP contribution in [0, 0.1) is 5.92 Å². The van der Waals surface area contributed by atoms with Crippen LogP contribution in [0.1, 0.15) is 56.3 Å². The van der Waals surface area contributed by atoms with Gasteiger partial charge in [-0.2, -0.15) is 5.10 Å². The van der Waals surface area contributed by atoms with Gasteiger partial charge in [0.05, 0.1) is 36.1 Å². The van der Waals surface area contributed by atoms with Crippen molar-refractivity contribution in [2.75, 3.05) is 30.8 Å². The molecule has 2 saturated heterocycles. The first-order chi connectivity index (χ1) is 16.9. The first kappa shape index (κ1) is 23.3. The number of hydrogen-bond donors (Lipinski definition) is 2. The first-order valence-corrected chi connectivity index (χ1v) is 12.4. The number of nitrogens with one attached hydrogen (secondary N) is 1. The van der Waals surface area contributed by atoms with E-state index in [1.807, 2.05) is 11.6 Å². The largest absolute Gasteiger partial charge is 0.383 e. The van der Waals surface area contributed by atoms with Gasteiger partial charge in [-0.1, -0.05) is 26.0 Å². The lowest BCUT2D eigenvalue weighted by molar-refractivity contribution is -0.146. The summed E-state index contributed by atoms with van der Waals surface area (Å²) in [5, 5.41) is 8.56. The molecule has 0 saturated carbocycles. The second-order valence-corrected chi connectivity index (χ2v) is 9.68. The Hall–Kier alpha value is -3.46. The van der Waals surface area contributed by atoms with Crippen LogP contribution in [0.5, 0.6) is 0 Å². The topological polar surface area (TPSA) is 115 Å². The maximum atomic E-state index is 13.3. The maximum absolute atomic E-state index is 13.3. The van der Waals surface area contributed by atoms with Gasteiger partial charge in [0.15, 0.2) is 0 Å². The van der Waals surface area contributed by atoms with Crippen LogP contribution in [0.15, 0.2) is 36.7 Å². The van der Waals surface area contributed by atoms with Crippen molar-refractivity contribution >= 4 is 34.2 Å². The molecule has 2 aliphatic heterocycles. The maximum Gasteiger partial charge on any atom is 0.313 e. The molecule has 2 amide bonds. The van der Waals surface area contributed by atoms with Crippen LogP contribution >= 0.6 is 0 Å². The highest BCUT2D eigenvalue weighted by Crippen LogP contribution is 2.35. The summed E-state index contributed by atoms with van der Waals surface area (Å²) in [6.45, 7) is 6.05. The predicted octanol–water partition coefficient (Wildman–Crippen LogP) is 3.48. The number of ether oxygens (including phenoxy) is 1. The average molecular weight is 477 g/mol. The van der Waals surface area contributed by atoms with Gasteiger partial charge in [-0.3, -0.25) is 14.3 Å². The Morgan fingerprint density at radius 2 is 2.09 bits per heavy atom. The molecule has 2 aliphatic rings. The number of aromatic nitrogens is 3. The molecule has 2 fully saturated rings. The summed E-state index contributed by atoms with van der Waals surface area (Å²) in [6, 6.07) is 8.01. The van der Waals surface area contributed by atoms with Gasteiger partial charge in [0.25, 0.3) is 0 Å². The van der Waals surface area contributed by atoms with Crippen LogP contribution in [0.4, 0.5) is 11.5 Å². The van der Waals surface area contributed by atoms with E-state index in [0.717, 1.165) is 47.9 Å². The molecule has 3 unspecified atom stereocenters. The van der Waals surface area contributed by atoms with E-state index >= 15 is 0 Å². The summed E-state index contributed by atoms with van der Waals surface area (Å²) in [5.41, 5.74) is 9.07. The summed E-state index contributed by atoms with van der Waals surface area (Å²) in [4.78, 5) is 32.1. The molecule has 184 valence electrons. The molecule has 5 rings (SSSR count). The number of nitrogen functional groups attached to an aromatic ring is 1. The van der Waals surface area contributed by atoms with E-state index in [2.05, 4.69) is 41.6 Å². The third kappa shape index (κ3) is 4.73. The van der Waals surface area contributed by atoms with Crippen LogP contribution in [-0.4, -0.2) is 51.2 Å². The zero-order chi connectivity index (χ0) is 24.5. The molecular formula is C26H32N6O3. The fraction of sp³-hybridized carbons (Fsp3) is 0.462. The Morgan fingerprint density at radius 3 is 2.86 bits per heavy atom. The van der Waals surface area contributed by atoms with Gasteiger partial charge >= 0.3 is 11.8 Å². The van der Waals surface area contributed by atoms with Crippen molar-refractivity contribution in [1.82, 2.24) is 19.7 Å². The van der Waals surface area contributed by atoms with E-state index in [1.165, 1.54) is 6.20 Å². The predicted molar refractivity (Wildman–Crippen MR) is 134 cm³/mol. The average Bonchev–Trinajstić information content (AvgIpc) is 3.54. The molecule has 4 heterocycles. The monoisotopic (exact) mass is 476 g/mol. The molecule has 35 heavy (non-hydrogen) atoms. The van der Waals surface area contributed by atoms with Gasteiger partial charge in [-0.25, -0.2) is 4.98 Å². The van der Waals surface area contributed by atoms with Crippen molar-refractivity contribution in [2.24, 2.45) is 5.92 Å². The molecule has 1 aromatic carbocycles. The number of amides is 2. The number of fused-ring (bicyclic) bond motifs is 1. The Kier molecular flexibility index (Phi) is 6.42. The Morgan fingerprint density at radius 1 is 1.23 bits per heavy atom. The Balaban J connectivity index is 1.37.